The zero-order valence-electron chi connectivity index (χ0n) is 9.83. The molecule has 1 rings (SSSR count). The van der Waals surface area contributed by atoms with Gasteiger partial charge in [-0.25, -0.2) is 0 Å². The second-order valence-corrected chi connectivity index (χ2v) is 4.46. The van der Waals surface area contributed by atoms with E-state index in [0.29, 0.717) is 12.0 Å². The van der Waals surface area contributed by atoms with Crippen LogP contribution in [-0.2, 0) is 4.79 Å². The molecule has 1 heterocycles. The second-order valence-electron chi connectivity index (χ2n) is 4.46. The largest absolute Gasteiger partial charge is 0.354 e. The van der Waals surface area contributed by atoms with Crippen molar-refractivity contribution in [2.24, 2.45) is 11.7 Å². The highest BCUT2D eigenvalue weighted by Crippen LogP contribution is 2.20. The van der Waals surface area contributed by atoms with Crippen LogP contribution in [0, 0.1) is 5.92 Å². The number of rotatable bonds is 4. The summed E-state index contributed by atoms with van der Waals surface area (Å²) < 4.78 is 0. The van der Waals surface area contributed by atoms with Crippen molar-refractivity contribution in [1.82, 2.24) is 10.2 Å². The van der Waals surface area contributed by atoms with Crippen LogP contribution in [0.25, 0.3) is 0 Å². The van der Waals surface area contributed by atoms with Crippen LogP contribution in [-0.4, -0.2) is 43.0 Å². The van der Waals surface area contributed by atoms with E-state index in [2.05, 4.69) is 17.1 Å². The lowest BCUT2D eigenvalue weighted by atomic mass is 9.90. The van der Waals surface area contributed by atoms with Crippen LogP contribution in [0.3, 0.4) is 0 Å². The van der Waals surface area contributed by atoms with Crippen molar-refractivity contribution >= 4 is 5.91 Å². The van der Waals surface area contributed by atoms with Gasteiger partial charge in [-0.05, 0) is 38.8 Å². The number of amides is 1. The van der Waals surface area contributed by atoms with E-state index in [1.807, 2.05) is 0 Å². The number of nitrogens with one attached hydrogen (secondary N) is 1. The first-order valence-corrected chi connectivity index (χ1v) is 5.83. The molecule has 1 saturated heterocycles. The minimum atomic E-state index is 0.0758. The fourth-order valence-electron chi connectivity index (χ4n) is 2.30. The number of carbonyl (C=O) groups excluding carboxylic acids is 1. The van der Waals surface area contributed by atoms with Gasteiger partial charge in [-0.3, -0.25) is 4.79 Å². The topological polar surface area (TPSA) is 58.4 Å². The van der Waals surface area contributed by atoms with Crippen molar-refractivity contribution < 1.29 is 4.79 Å². The van der Waals surface area contributed by atoms with Gasteiger partial charge in [-0.2, -0.15) is 0 Å². The fourth-order valence-corrected chi connectivity index (χ4v) is 2.30. The number of nitrogens with zero attached hydrogens (tertiary/aromatic N) is 1. The molecule has 1 atom stereocenters. The van der Waals surface area contributed by atoms with Gasteiger partial charge < -0.3 is 16.0 Å². The first kappa shape index (κ1) is 12.5. The molecule has 0 aromatic rings. The highest BCUT2D eigenvalue weighted by Gasteiger charge is 2.23. The van der Waals surface area contributed by atoms with Crippen LogP contribution in [0.4, 0.5) is 0 Å². The van der Waals surface area contributed by atoms with E-state index in [1.54, 1.807) is 6.92 Å². The number of hydrogen-bond donors (Lipinski definition) is 2. The lowest BCUT2D eigenvalue weighted by Crippen LogP contribution is -2.44. The first-order chi connectivity index (χ1) is 7.13. The lowest BCUT2D eigenvalue weighted by Gasteiger charge is -2.34. The van der Waals surface area contributed by atoms with Crippen LogP contribution in [0.5, 0.6) is 0 Å². The van der Waals surface area contributed by atoms with Gasteiger partial charge in [-0.1, -0.05) is 0 Å². The molecule has 1 amide bonds. The average Bonchev–Trinajstić information content (AvgIpc) is 2.18. The number of hydrogen-bond acceptors (Lipinski definition) is 3. The Balaban J connectivity index is 2.27. The number of piperidine rings is 1. The predicted molar refractivity (Wildman–Crippen MR) is 61.5 cm³/mol. The van der Waals surface area contributed by atoms with E-state index < -0.39 is 0 Å². The summed E-state index contributed by atoms with van der Waals surface area (Å²) in [6.07, 6.45) is 2.34. The fraction of sp³-hybridized carbons (Fsp3) is 0.909. The molecule has 1 aliphatic rings. The minimum absolute atomic E-state index is 0.0758. The van der Waals surface area contributed by atoms with Gasteiger partial charge in [0.05, 0.1) is 0 Å². The smallest absolute Gasteiger partial charge is 0.217 e. The van der Waals surface area contributed by atoms with Crippen LogP contribution in [0.15, 0.2) is 0 Å². The van der Waals surface area contributed by atoms with E-state index in [0.717, 1.165) is 26.2 Å². The molecular formula is C11H23N3O. The molecule has 0 radical (unpaired) electrons. The SMILES string of the molecule is CC(=O)NC(C)C1CCN(CCN)CC1. The number of carbonyl (C=O) groups is 1. The summed E-state index contributed by atoms with van der Waals surface area (Å²) in [5.41, 5.74) is 5.52. The van der Waals surface area contributed by atoms with Crippen LogP contribution < -0.4 is 11.1 Å². The van der Waals surface area contributed by atoms with Crippen molar-refractivity contribution in [2.45, 2.75) is 32.7 Å². The highest BCUT2D eigenvalue weighted by atomic mass is 16.1. The summed E-state index contributed by atoms with van der Waals surface area (Å²) in [5, 5.41) is 2.98. The number of nitrogens with two attached hydrogens (primary N) is 1. The molecule has 1 unspecified atom stereocenters. The van der Waals surface area contributed by atoms with Gasteiger partial charge in [-0.15, -0.1) is 0 Å². The molecule has 4 nitrogen and oxygen atoms in total. The summed E-state index contributed by atoms with van der Waals surface area (Å²) in [7, 11) is 0. The molecule has 1 aliphatic heterocycles. The van der Waals surface area contributed by atoms with Crippen LogP contribution in [0.1, 0.15) is 26.7 Å². The molecule has 0 saturated carbocycles. The van der Waals surface area contributed by atoms with Gasteiger partial charge in [0.2, 0.25) is 5.91 Å². The Kier molecular flexibility index (Phi) is 5.05. The molecule has 15 heavy (non-hydrogen) atoms. The third kappa shape index (κ3) is 4.18. The summed E-state index contributed by atoms with van der Waals surface area (Å²) >= 11 is 0. The van der Waals surface area contributed by atoms with E-state index in [1.165, 1.54) is 12.8 Å². The third-order valence-corrected chi connectivity index (χ3v) is 3.22. The summed E-state index contributed by atoms with van der Waals surface area (Å²) in [6.45, 7) is 7.66. The summed E-state index contributed by atoms with van der Waals surface area (Å²) in [4.78, 5) is 13.3. The Labute approximate surface area is 92.2 Å². The Morgan fingerprint density at radius 3 is 2.60 bits per heavy atom. The first-order valence-electron chi connectivity index (χ1n) is 5.83. The average molecular weight is 213 g/mol. The maximum Gasteiger partial charge on any atom is 0.217 e. The van der Waals surface area contributed by atoms with Gasteiger partial charge in [0, 0.05) is 26.1 Å². The van der Waals surface area contributed by atoms with Gasteiger partial charge in [0.15, 0.2) is 0 Å². The molecule has 0 aromatic heterocycles. The van der Waals surface area contributed by atoms with Crippen molar-refractivity contribution in [3.63, 3.8) is 0 Å². The Hall–Kier alpha value is -0.610. The van der Waals surface area contributed by atoms with Gasteiger partial charge in [0.1, 0.15) is 0 Å². The van der Waals surface area contributed by atoms with E-state index in [9.17, 15) is 4.79 Å². The molecular weight excluding hydrogens is 190 g/mol. The Bertz CT molecular complexity index is 200. The maximum atomic E-state index is 10.9. The lowest BCUT2D eigenvalue weighted by molar-refractivity contribution is -0.120. The molecule has 0 aromatic carbocycles. The number of likely N-dealkylation sites (tertiary alicyclic amines) is 1. The van der Waals surface area contributed by atoms with Crippen molar-refractivity contribution in [3.05, 3.63) is 0 Å². The van der Waals surface area contributed by atoms with Crippen LogP contribution >= 0.6 is 0 Å². The standard InChI is InChI=1S/C11H23N3O/c1-9(13-10(2)15)11-3-6-14(7-4-11)8-5-12/h9,11H,3-8,12H2,1-2H3,(H,13,15). The zero-order chi connectivity index (χ0) is 11.3. The monoisotopic (exact) mass is 213 g/mol. The molecule has 3 N–H and O–H groups in total. The van der Waals surface area contributed by atoms with E-state index >= 15 is 0 Å². The molecule has 4 heteroatoms. The molecule has 1 fully saturated rings. The third-order valence-electron chi connectivity index (χ3n) is 3.22. The second kappa shape index (κ2) is 6.08. The zero-order valence-corrected chi connectivity index (χ0v) is 9.83. The van der Waals surface area contributed by atoms with E-state index in [-0.39, 0.29) is 5.91 Å². The van der Waals surface area contributed by atoms with Crippen LogP contribution in [0.2, 0.25) is 0 Å². The Morgan fingerprint density at radius 2 is 2.13 bits per heavy atom. The molecule has 0 spiro atoms. The summed E-state index contributed by atoms with van der Waals surface area (Å²) in [5.74, 6) is 0.704. The normalized spacial score (nSPS) is 21.3. The quantitative estimate of drug-likeness (QED) is 0.700. The minimum Gasteiger partial charge on any atom is -0.354 e. The Morgan fingerprint density at radius 1 is 1.53 bits per heavy atom. The van der Waals surface area contributed by atoms with Gasteiger partial charge >= 0.3 is 0 Å². The van der Waals surface area contributed by atoms with Gasteiger partial charge in [0.25, 0.3) is 0 Å². The molecule has 88 valence electrons. The predicted octanol–water partition coefficient (Wildman–Crippen LogP) is 0.182. The van der Waals surface area contributed by atoms with Crippen molar-refractivity contribution in [1.29, 1.82) is 0 Å². The van der Waals surface area contributed by atoms with Crippen molar-refractivity contribution in [3.8, 4) is 0 Å². The van der Waals surface area contributed by atoms with E-state index in [4.69, 9.17) is 5.73 Å². The highest BCUT2D eigenvalue weighted by molar-refractivity contribution is 5.73. The maximum absolute atomic E-state index is 10.9. The molecule has 0 aliphatic carbocycles. The summed E-state index contributed by atoms with van der Waals surface area (Å²) in [6, 6.07) is 0.308. The van der Waals surface area contributed by atoms with Crippen molar-refractivity contribution in [2.75, 3.05) is 26.2 Å². The molecule has 0 bridgehead atoms.